The summed E-state index contributed by atoms with van der Waals surface area (Å²) in [4.78, 5) is 5.38. The molecule has 296 valence electrons. The molecule has 0 saturated heterocycles. The molecule has 10 aromatic carbocycles. The molecule has 0 amide bonds. The van der Waals surface area contributed by atoms with Crippen LogP contribution in [0.5, 0.6) is 0 Å². The van der Waals surface area contributed by atoms with Gasteiger partial charge in [-0.05, 0) is 123 Å². The van der Waals surface area contributed by atoms with Gasteiger partial charge >= 0.3 is 0 Å². The molecule has 0 bridgehead atoms. The van der Waals surface area contributed by atoms with E-state index in [2.05, 4.69) is 237 Å². The third kappa shape index (κ3) is 5.93. The lowest BCUT2D eigenvalue weighted by Gasteiger charge is -2.13. The minimum Gasteiger partial charge on any atom is -0.248 e. The molecule has 11 aromatic rings. The molecular formula is C63H39N. The Hall–Kier alpha value is -8.57. The number of nitrogens with zero attached hydrogens (tertiary/aromatic N) is 1. The van der Waals surface area contributed by atoms with Gasteiger partial charge in [0.15, 0.2) is 0 Å². The van der Waals surface area contributed by atoms with Crippen LogP contribution in [-0.2, 0) is 0 Å². The lowest BCUT2D eigenvalue weighted by molar-refractivity contribution is 1.32. The van der Waals surface area contributed by atoms with Crippen LogP contribution in [0.15, 0.2) is 224 Å². The van der Waals surface area contributed by atoms with Gasteiger partial charge < -0.3 is 0 Å². The summed E-state index contributed by atoms with van der Waals surface area (Å²) in [6, 6.07) is 82.1. The summed E-state index contributed by atoms with van der Waals surface area (Å²) >= 11 is 0. The molecule has 2 aliphatic rings. The van der Waals surface area contributed by atoms with Crippen molar-refractivity contribution in [2.24, 2.45) is 0 Å². The largest absolute Gasteiger partial charge is 0.248 e. The first-order valence-electron chi connectivity index (χ1n) is 21.8. The van der Waals surface area contributed by atoms with Crippen molar-refractivity contribution in [2.75, 3.05) is 0 Å². The highest BCUT2D eigenvalue weighted by Gasteiger charge is 2.24. The summed E-state index contributed by atoms with van der Waals surface area (Å²) in [5, 5.41) is 5.27. The maximum Gasteiger partial charge on any atom is 0.0715 e. The highest BCUT2D eigenvalue weighted by atomic mass is 14.7. The van der Waals surface area contributed by atoms with Crippen molar-refractivity contribution in [3.63, 3.8) is 0 Å². The predicted octanol–water partition coefficient (Wildman–Crippen LogP) is 16.9. The maximum atomic E-state index is 5.38. The summed E-state index contributed by atoms with van der Waals surface area (Å²) in [5.41, 5.74) is 24.2. The molecule has 0 N–H and O–H groups in total. The summed E-state index contributed by atoms with van der Waals surface area (Å²) < 4.78 is 0. The van der Waals surface area contributed by atoms with Gasteiger partial charge in [0.2, 0.25) is 0 Å². The van der Waals surface area contributed by atoms with Gasteiger partial charge in [0.25, 0.3) is 0 Å². The van der Waals surface area contributed by atoms with E-state index in [4.69, 9.17) is 4.98 Å². The Balaban J connectivity index is 0.00000214. The van der Waals surface area contributed by atoms with Crippen molar-refractivity contribution in [1.29, 1.82) is 0 Å². The van der Waals surface area contributed by atoms with Crippen LogP contribution in [0.4, 0.5) is 0 Å². The van der Waals surface area contributed by atoms with Crippen molar-refractivity contribution in [3.8, 4) is 124 Å². The first-order valence-corrected chi connectivity index (χ1v) is 21.8. The van der Waals surface area contributed by atoms with E-state index in [0.29, 0.717) is 0 Å². The molecule has 0 spiro atoms. The number of terminal acetylenes is 1. The van der Waals surface area contributed by atoms with Crippen LogP contribution in [0.1, 0.15) is 0 Å². The molecule has 0 fully saturated rings. The summed E-state index contributed by atoms with van der Waals surface area (Å²) in [5.74, 6) is 0. The van der Waals surface area contributed by atoms with E-state index < -0.39 is 0 Å². The standard InChI is InChI=1S/C61H37N.C2H2/c1-2-10-38(11-3-1)39-20-22-40(23-21-39)45-36-58(43-28-24-41(25-29-43)46-32-34-56-50-14-6-4-12-48(50)54-18-8-16-52(46)60(54)56)62-59(37-45)44-30-26-42(27-31-44)47-33-35-57-51-15-7-5-13-49(51)55-19-9-17-53(47)61(55)57;1-2/h1-37H;1-2H. The fraction of sp³-hybridized carbons (Fsp3) is 0. The molecule has 1 aromatic heterocycles. The molecule has 0 atom stereocenters. The van der Waals surface area contributed by atoms with Gasteiger partial charge in [-0.1, -0.05) is 212 Å². The first-order chi connectivity index (χ1) is 31.7. The van der Waals surface area contributed by atoms with Gasteiger partial charge in [0.05, 0.1) is 11.4 Å². The topological polar surface area (TPSA) is 12.9 Å². The first kappa shape index (κ1) is 37.2. The zero-order chi connectivity index (χ0) is 42.7. The Morgan fingerprint density at radius 1 is 0.219 bits per heavy atom. The molecule has 1 nitrogen and oxygen atoms in total. The molecular weight excluding hydrogens is 771 g/mol. The fourth-order valence-electron chi connectivity index (χ4n) is 10.2. The second-order valence-electron chi connectivity index (χ2n) is 16.6. The number of hydrogen-bond donors (Lipinski definition) is 0. The fourth-order valence-corrected chi connectivity index (χ4v) is 10.2. The van der Waals surface area contributed by atoms with Crippen LogP contribution in [0.25, 0.3) is 133 Å². The SMILES string of the molecule is C#C.c1ccc(-c2ccc(-c3cc(-c4ccc(-c5ccc6c7c(cccc57)-c5ccccc5-6)cc4)nc(-c4ccc(-c5ccc6c7c(cccc57)-c5ccccc5-6)cc4)c3)cc2)cc1. The maximum absolute atomic E-state index is 5.38. The average Bonchev–Trinajstić information content (AvgIpc) is 3.89. The summed E-state index contributed by atoms with van der Waals surface area (Å²) in [6.07, 6.45) is 8.00. The average molecular weight is 810 g/mol. The van der Waals surface area contributed by atoms with E-state index in [9.17, 15) is 0 Å². The van der Waals surface area contributed by atoms with E-state index in [0.717, 1.165) is 33.6 Å². The molecule has 64 heavy (non-hydrogen) atoms. The normalized spacial score (nSPS) is 11.5. The lowest BCUT2D eigenvalue weighted by atomic mass is 9.93. The second kappa shape index (κ2) is 15.1. The third-order valence-corrected chi connectivity index (χ3v) is 13.2. The monoisotopic (exact) mass is 809 g/mol. The zero-order valence-electron chi connectivity index (χ0n) is 35.0. The smallest absolute Gasteiger partial charge is 0.0715 e. The van der Waals surface area contributed by atoms with E-state index in [1.807, 2.05) is 0 Å². The van der Waals surface area contributed by atoms with E-state index in [-0.39, 0.29) is 0 Å². The molecule has 0 unspecified atom stereocenters. The Morgan fingerprint density at radius 2 is 0.531 bits per heavy atom. The predicted molar refractivity (Wildman–Crippen MR) is 271 cm³/mol. The van der Waals surface area contributed by atoms with E-state index >= 15 is 0 Å². The van der Waals surface area contributed by atoms with Crippen LogP contribution < -0.4 is 0 Å². The summed E-state index contributed by atoms with van der Waals surface area (Å²) in [6.45, 7) is 0. The van der Waals surface area contributed by atoms with Crippen LogP contribution in [0.3, 0.4) is 0 Å². The van der Waals surface area contributed by atoms with Crippen molar-refractivity contribution < 1.29 is 0 Å². The van der Waals surface area contributed by atoms with Crippen LogP contribution in [0.2, 0.25) is 0 Å². The number of benzene rings is 10. The van der Waals surface area contributed by atoms with Gasteiger partial charge in [-0.3, -0.25) is 0 Å². The number of rotatable bonds is 6. The number of aromatic nitrogens is 1. The van der Waals surface area contributed by atoms with Crippen molar-refractivity contribution in [3.05, 3.63) is 224 Å². The molecule has 1 heteroatoms. The Labute approximate surface area is 373 Å². The Bertz CT molecular complexity index is 3380. The highest BCUT2D eigenvalue weighted by molar-refractivity contribution is 6.20. The minimum atomic E-state index is 0.947. The van der Waals surface area contributed by atoms with Gasteiger partial charge in [-0.25, -0.2) is 4.98 Å². The molecule has 0 aliphatic heterocycles. The molecule has 13 rings (SSSR count). The molecule has 1 heterocycles. The van der Waals surface area contributed by atoms with E-state index in [1.165, 1.54) is 99.4 Å². The van der Waals surface area contributed by atoms with Crippen LogP contribution in [0, 0.1) is 12.8 Å². The van der Waals surface area contributed by atoms with Gasteiger partial charge in [-0.2, -0.15) is 0 Å². The van der Waals surface area contributed by atoms with Crippen molar-refractivity contribution >= 4 is 21.5 Å². The third-order valence-electron chi connectivity index (χ3n) is 13.2. The molecule has 2 aliphatic carbocycles. The minimum absolute atomic E-state index is 0.947. The highest BCUT2D eigenvalue weighted by Crippen LogP contribution is 2.51. The Kier molecular flexibility index (Phi) is 8.78. The molecule has 0 saturated carbocycles. The quantitative estimate of drug-likeness (QED) is 0.153. The van der Waals surface area contributed by atoms with E-state index in [1.54, 1.807) is 0 Å². The number of hydrogen-bond acceptors (Lipinski definition) is 1. The van der Waals surface area contributed by atoms with Crippen LogP contribution in [-0.4, -0.2) is 4.98 Å². The number of fused-ring (bicyclic) bond motifs is 6. The van der Waals surface area contributed by atoms with Crippen molar-refractivity contribution in [2.45, 2.75) is 0 Å². The van der Waals surface area contributed by atoms with Gasteiger partial charge in [0.1, 0.15) is 0 Å². The van der Waals surface area contributed by atoms with Crippen molar-refractivity contribution in [1.82, 2.24) is 4.98 Å². The molecule has 0 radical (unpaired) electrons. The number of pyridine rings is 1. The van der Waals surface area contributed by atoms with Crippen LogP contribution >= 0.6 is 0 Å². The zero-order valence-corrected chi connectivity index (χ0v) is 35.0. The van der Waals surface area contributed by atoms with Gasteiger partial charge in [-0.15, -0.1) is 12.8 Å². The Morgan fingerprint density at radius 3 is 0.969 bits per heavy atom. The lowest BCUT2D eigenvalue weighted by Crippen LogP contribution is -1.92. The van der Waals surface area contributed by atoms with Gasteiger partial charge in [0, 0.05) is 11.1 Å². The summed E-state index contributed by atoms with van der Waals surface area (Å²) in [7, 11) is 0. The second-order valence-corrected chi connectivity index (χ2v) is 16.6.